The highest BCUT2D eigenvalue weighted by atomic mass is 31.1. The summed E-state index contributed by atoms with van der Waals surface area (Å²) in [6.45, 7) is 24.6. The lowest BCUT2D eigenvalue weighted by Crippen LogP contribution is -2.51. The van der Waals surface area contributed by atoms with Crippen molar-refractivity contribution in [2.45, 2.75) is 107 Å². The van der Waals surface area contributed by atoms with Crippen LogP contribution in [-0.4, -0.2) is 23.5 Å². The maximum atomic E-state index is 12.6. The van der Waals surface area contributed by atoms with E-state index < -0.39 is 8.25 Å². The molecular weight excluding hydrogens is 323 g/mol. The van der Waals surface area contributed by atoms with Crippen molar-refractivity contribution in [2.75, 3.05) is 0 Å². The van der Waals surface area contributed by atoms with E-state index in [2.05, 4.69) is 52.2 Å². The van der Waals surface area contributed by atoms with Gasteiger partial charge in [0.1, 0.15) is 0 Å². The maximum Gasteiger partial charge on any atom is 0.700 e. The summed E-state index contributed by atoms with van der Waals surface area (Å²) in [5, 5.41) is 6.76. The zero-order chi connectivity index (χ0) is 19.6. The van der Waals surface area contributed by atoms with Gasteiger partial charge >= 0.3 is 8.25 Å². The van der Waals surface area contributed by atoms with Gasteiger partial charge in [0.15, 0.2) is 12.5 Å². The summed E-state index contributed by atoms with van der Waals surface area (Å²) < 4.78 is 24.1. The zero-order valence-electron chi connectivity index (χ0n) is 17.8. The third-order valence-corrected chi connectivity index (χ3v) is 3.85. The minimum Gasteiger partial charge on any atom is -0.283 e. The lowest BCUT2D eigenvalue weighted by molar-refractivity contribution is -0.00946. The first kappa shape index (κ1) is 23.9. The molecule has 0 aromatic heterocycles. The molecule has 0 aliphatic rings. The molecule has 0 fully saturated rings. The van der Waals surface area contributed by atoms with Gasteiger partial charge in [-0.3, -0.25) is 10.6 Å². The molecule has 0 bridgehead atoms. The van der Waals surface area contributed by atoms with Crippen LogP contribution in [0.25, 0.3) is 0 Å². The molecule has 6 heteroatoms. The highest BCUT2D eigenvalue weighted by Crippen LogP contribution is 2.37. The predicted molar refractivity (Wildman–Crippen MR) is 102 cm³/mol. The summed E-state index contributed by atoms with van der Waals surface area (Å²) >= 11 is 0. The summed E-state index contributed by atoms with van der Waals surface area (Å²) in [5.74, 6) is 0. The number of nitrogens with one attached hydrogen (secondary N) is 2. The van der Waals surface area contributed by atoms with Crippen molar-refractivity contribution in [3.05, 3.63) is 0 Å². The van der Waals surface area contributed by atoms with Crippen molar-refractivity contribution in [3.63, 3.8) is 0 Å². The van der Waals surface area contributed by atoms with E-state index in [1.165, 1.54) is 0 Å². The third kappa shape index (κ3) is 10.7. The zero-order valence-corrected chi connectivity index (χ0v) is 18.7. The fourth-order valence-corrected chi connectivity index (χ4v) is 2.92. The lowest BCUT2D eigenvalue weighted by atomic mass is 9.92. The Kier molecular flexibility index (Phi) is 8.07. The normalized spacial score (nSPS) is 17.6. The van der Waals surface area contributed by atoms with Gasteiger partial charge in [0.2, 0.25) is 0 Å². The Morgan fingerprint density at radius 1 is 0.625 bits per heavy atom. The van der Waals surface area contributed by atoms with Crippen LogP contribution >= 0.6 is 8.25 Å². The molecule has 144 valence electrons. The summed E-state index contributed by atoms with van der Waals surface area (Å²) in [7, 11) is -2.27. The molecule has 0 aliphatic carbocycles. The van der Waals surface area contributed by atoms with Crippen LogP contribution in [0.5, 0.6) is 0 Å². The fraction of sp³-hybridized carbons (Fsp3) is 1.00. The topological polar surface area (TPSA) is 59.6 Å². The van der Waals surface area contributed by atoms with Crippen molar-refractivity contribution in [3.8, 4) is 0 Å². The van der Waals surface area contributed by atoms with E-state index in [0.29, 0.717) is 0 Å². The highest BCUT2D eigenvalue weighted by molar-refractivity contribution is 7.33. The molecule has 0 amide bonds. The van der Waals surface area contributed by atoms with Gasteiger partial charge < -0.3 is 0 Å². The molecule has 0 radical (unpaired) electrons. The molecule has 24 heavy (non-hydrogen) atoms. The average Bonchev–Trinajstić information content (AvgIpc) is 2.20. The summed E-state index contributed by atoms with van der Waals surface area (Å²) in [4.78, 5) is 0. The van der Waals surface area contributed by atoms with E-state index in [9.17, 15) is 4.57 Å². The summed E-state index contributed by atoms with van der Waals surface area (Å²) in [6, 6.07) is 0. The fourth-order valence-electron chi connectivity index (χ4n) is 1.79. The van der Waals surface area contributed by atoms with Crippen LogP contribution < -0.4 is 10.6 Å². The van der Waals surface area contributed by atoms with E-state index in [1.54, 1.807) is 0 Å². The Balaban J connectivity index is 5.09. The molecule has 0 aromatic rings. The van der Waals surface area contributed by atoms with Crippen LogP contribution in [0.1, 0.15) is 83.1 Å². The second kappa shape index (κ2) is 8.09. The predicted octanol–water partition coefficient (Wildman–Crippen LogP) is 5.20. The van der Waals surface area contributed by atoms with Crippen LogP contribution in [0, 0.1) is 10.8 Å². The Hall–Kier alpha value is -0.0600. The molecule has 2 N–H and O–H groups in total. The number of hydrogen-bond donors (Lipinski definition) is 2. The maximum absolute atomic E-state index is 12.6. The van der Waals surface area contributed by atoms with Gasteiger partial charge in [-0.05, 0) is 41.5 Å². The van der Waals surface area contributed by atoms with Crippen molar-refractivity contribution in [2.24, 2.45) is 10.8 Å². The van der Waals surface area contributed by atoms with Crippen molar-refractivity contribution in [1.82, 2.24) is 10.6 Å². The molecule has 5 nitrogen and oxygen atoms in total. The van der Waals surface area contributed by atoms with Gasteiger partial charge in [0, 0.05) is 26.5 Å². The first-order chi connectivity index (χ1) is 10.3. The quantitative estimate of drug-likeness (QED) is 0.502. The van der Waals surface area contributed by atoms with Crippen molar-refractivity contribution in [1.29, 1.82) is 0 Å². The number of hydrogen-bond acceptors (Lipinski definition) is 5. The standard InChI is InChI=1S/C18H40N2O3P/c1-15(2,3)13(19-17(7,8)9)22-24(21)23-14(16(4,5)6)20-18(10,11)12/h13-14,19-20H,1-12H3/q+1. The molecule has 0 heterocycles. The van der Waals surface area contributed by atoms with E-state index >= 15 is 0 Å². The third-order valence-electron chi connectivity index (χ3n) is 3.08. The Morgan fingerprint density at radius 2 is 0.875 bits per heavy atom. The van der Waals surface area contributed by atoms with Gasteiger partial charge in [-0.2, -0.15) is 0 Å². The Morgan fingerprint density at radius 3 is 1.04 bits per heavy atom. The van der Waals surface area contributed by atoms with Crippen LogP contribution in [0.15, 0.2) is 0 Å². The summed E-state index contributed by atoms with van der Waals surface area (Å²) in [5.41, 5.74) is -0.727. The minimum absolute atomic E-state index is 0.152. The van der Waals surface area contributed by atoms with Gasteiger partial charge in [-0.15, -0.1) is 0 Å². The van der Waals surface area contributed by atoms with Crippen molar-refractivity contribution >= 4 is 8.25 Å². The summed E-state index contributed by atoms with van der Waals surface area (Å²) in [6.07, 6.45) is -0.757. The monoisotopic (exact) mass is 363 g/mol. The average molecular weight is 364 g/mol. The number of rotatable bonds is 6. The van der Waals surface area contributed by atoms with Crippen LogP contribution in [-0.2, 0) is 13.6 Å². The van der Waals surface area contributed by atoms with Crippen LogP contribution in [0.2, 0.25) is 0 Å². The lowest BCUT2D eigenvalue weighted by Gasteiger charge is -2.34. The van der Waals surface area contributed by atoms with Crippen molar-refractivity contribution < 1.29 is 13.6 Å². The van der Waals surface area contributed by atoms with Gasteiger partial charge in [-0.1, -0.05) is 50.6 Å². The van der Waals surface area contributed by atoms with Crippen LogP contribution in [0.4, 0.5) is 0 Å². The molecule has 0 saturated heterocycles. The molecule has 0 saturated carbocycles. The Bertz CT molecular complexity index is 374. The molecule has 2 unspecified atom stereocenters. The first-order valence-electron chi connectivity index (χ1n) is 8.67. The second-order valence-electron chi connectivity index (χ2n) is 10.7. The molecular formula is C18H40N2O3P+. The molecule has 0 rings (SSSR count). The molecule has 2 atom stereocenters. The van der Waals surface area contributed by atoms with E-state index in [4.69, 9.17) is 9.05 Å². The van der Waals surface area contributed by atoms with E-state index in [0.717, 1.165) is 0 Å². The van der Waals surface area contributed by atoms with E-state index in [-0.39, 0.29) is 34.4 Å². The van der Waals surface area contributed by atoms with E-state index in [1.807, 2.05) is 41.5 Å². The van der Waals surface area contributed by atoms with Gasteiger partial charge in [0.25, 0.3) is 0 Å². The highest BCUT2D eigenvalue weighted by Gasteiger charge is 2.42. The van der Waals surface area contributed by atoms with Gasteiger partial charge in [-0.25, -0.2) is 0 Å². The smallest absolute Gasteiger partial charge is 0.283 e. The molecule has 0 aliphatic heterocycles. The SMILES string of the molecule is CC(C)(C)NC(O[P+](=O)OC(NC(C)(C)C)C(C)(C)C)C(C)(C)C. The second-order valence-corrected chi connectivity index (χ2v) is 11.6. The molecule has 0 spiro atoms. The minimum atomic E-state index is -2.27. The first-order valence-corrected chi connectivity index (χ1v) is 9.77. The Labute approximate surface area is 150 Å². The molecule has 0 aromatic carbocycles. The largest absolute Gasteiger partial charge is 0.700 e. The van der Waals surface area contributed by atoms with Crippen LogP contribution in [0.3, 0.4) is 0 Å². The van der Waals surface area contributed by atoms with Gasteiger partial charge in [0.05, 0.1) is 0 Å².